The van der Waals surface area contributed by atoms with E-state index in [-0.39, 0.29) is 12.1 Å². The summed E-state index contributed by atoms with van der Waals surface area (Å²) < 4.78 is 10.6. The lowest BCUT2D eigenvalue weighted by Gasteiger charge is -2.35. The van der Waals surface area contributed by atoms with Crippen molar-refractivity contribution in [2.24, 2.45) is 0 Å². The zero-order valence-corrected chi connectivity index (χ0v) is 11.2. The molecule has 100 valence electrons. The number of carbonyl (C=O) groups is 1. The van der Waals surface area contributed by atoms with Gasteiger partial charge in [-0.2, -0.15) is 0 Å². The Morgan fingerprint density at radius 1 is 1.50 bits per heavy atom. The summed E-state index contributed by atoms with van der Waals surface area (Å²) in [6.07, 6.45) is 4.32. The minimum Gasteiger partial charge on any atom is -0.444 e. The fraction of sp³-hybridized carbons (Fsp3) is 0.692. The van der Waals surface area contributed by atoms with Gasteiger partial charge in [-0.15, -0.1) is 0 Å². The molecule has 1 saturated heterocycles. The number of aromatic nitrogens is 1. The van der Waals surface area contributed by atoms with Gasteiger partial charge >= 0.3 is 6.09 Å². The van der Waals surface area contributed by atoms with Gasteiger partial charge < -0.3 is 9.26 Å². The van der Waals surface area contributed by atoms with Crippen molar-refractivity contribution in [1.29, 1.82) is 0 Å². The van der Waals surface area contributed by atoms with Crippen molar-refractivity contribution in [3.8, 4) is 0 Å². The van der Waals surface area contributed by atoms with Crippen LogP contribution in [0, 0.1) is 0 Å². The van der Waals surface area contributed by atoms with Crippen LogP contribution >= 0.6 is 0 Å². The molecule has 0 saturated carbocycles. The highest BCUT2D eigenvalue weighted by Crippen LogP contribution is 2.31. The molecule has 2 rings (SSSR count). The van der Waals surface area contributed by atoms with Crippen molar-refractivity contribution in [3.05, 3.63) is 18.0 Å². The van der Waals surface area contributed by atoms with Crippen molar-refractivity contribution in [1.82, 2.24) is 10.1 Å². The van der Waals surface area contributed by atoms with E-state index >= 15 is 0 Å². The first kappa shape index (κ1) is 12.9. The molecule has 1 amide bonds. The molecule has 5 nitrogen and oxygen atoms in total. The first-order chi connectivity index (χ1) is 8.47. The lowest BCUT2D eigenvalue weighted by Crippen LogP contribution is -2.41. The van der Waals surface area contributed by atoms with Crippen LogP contribution in [0.1, 0.15) is 51.8 Å². The largest absolute Gasteiger partial charge is 0.444 e. The molecule has 0 spiro atoms. The minimum atomic E-state index is -0.472. The van der Waals surface area contributed by atoms with Crippen molar-refractivity contribution in [2.75, 3.05) is 6.54 Å². The number of carbonyl (C=O) groups excluding carboxylic acids is 1. The Bertz CT molecular complexity index is 395. The van der Waals surface area contributed by atoms with Gasteiger partial charge in [0, 0.05) is 12.6 Å². The van der Waals surface area contributed by atoms with Crippen molar-refractivity contribution in [3.63, 3.8) is 0 Å². The van der Waals surface area contributed by atoms with E-state index in [1.807, 2.05) is 26.8 Å². The number of nitrogens with zero attached hydrogens (tertiary/aromatic N) is 2. The predicted molar refractivity (Wildman–Crippen MR) is 66.0 cm³/mol. The molecular formula is C13H20N2O3. The Kier molecular flexibility index (Phi) is 3.59. The van der Waals surface area contributed by atoms with Crippen LogP contribution in [0.2, 0.25) is 0 Å². The fourth-order valence-electron chi connectivity index (χ4n) is 2.16. The van der Waals surface area contributed by atoms with E-state index in [9.17, 15) is 4.79 Å². The third-order valence-electron chi connectivity index (χ3n) is 2.92. The molecule has 1 aliphatic rings. The van der Waals surface area contributed by atoms with E-state index < -0.39 is 5.60 Å². The Morgan fingerprint density at radius 2 is 2.28 bits per heavy atom. The summed E-state index contributed by atoms with van der Waals surface area (Å²) in [5.41, 5.74) is -0.472. The summed E-state index contributed by atoms with van der Waals surface area (Å²) in [6, 6.07) is 1.77. The van der Waals surface area contributed by atoms with Gasteiger partial charge in [-0.25, -0.2) is 4.79 Å². The summed E-state index contributed by atoms with van der Waals surface area (Å²) >= 11 is 0. The zero-order valence-electron chi connectivity index (χ0n) is 11.2. The van der Waals surface area contributed by atoms with E-state index in [4.69, 9.17) is 9.26 Å². The van der Waals surface area contributed by atoms with E-state index in [0.29, 0.717) is 6.54 Å². The monoisotopic (exact) mass is 252 g/mol. The first-order valence-electron chi connectivity index (χ1n) is 6.37. The second-order valence-corrected chi connectivity index (χ2v) is 5.60. The van der Waals surface area contributed by atoms with Crippen LogP contribution in [0.3, 0.4) is 0 Å². The SMILES string of the molecule is CC(C)(C)OC(=O)N1CCCCC1c1ccno1. The zero-order chi connectivity index (χ0) is 13.2. The number of ether oxygens (including phenoxy) is 1. The van der Waals surface area contributed by atoms with Crippen LogP contribution in [-0.4, -0.2) is 28.3 Å². The van der Waals surface area contributed by atoms with Crippen molar-refractivity contribution >= 4 is 6.09 Å². The normalized spacial score (nSPS) is 20.8. The molecule has 0 N–H and O–H groups in total. The summed E-state index contributed by atoms with van der Waals surface area (Å²) in [5, 5.41) is 3.71. The number of amides is 1. The Morgan fingerprint density at radius 3 is 2.89 bits per heavy atom. The predicted octanol–water partition coefficient (Wildman–Crippen LogP) is 3.14. The first-order valence-corrected chi connectivity index (χ1v) is 6.37. The number of rotatable bonds is 1. The van der Waals surface area contributed by atoms with Crippen molar-refractivity contribution in [2.45, 2.75) is 51.7 Å². The topological polar surface area (TPSA) is 55.6 Å². The van der Waals surface area contributed by atoms with Crippen molar-refractivity contribution < 1.29 is 14.1 Å². The highest BCUT2D eigenvalue weighted by molar-refractivity contribution is 5.68. The lowest BCUT2D eigenvalue weighted by atomic mass is 10.0. The van der Waals surface area contributed by atoms with Gasteiger partial charge in [0.05, 0.1) is 12.2 Å². The van der Waals surface area contributed by atoms with Gasteiger partial charge in [-0.3, -0.25) is 4.90 Å². The van der Waals surface area contributed by atoms with Crippen LogP contribution in [0.25, 0.3) is 0 Å². The standard InChI is InChI=1S/C13H20N2O3/c1-13(2,3)17-12(16)15-9-5-4-6-10(15)11-7-8-14-18-11/h7-8,10H,4-6,9H2,1-3H3. The van der Waals surface area contributed by atoms with Gasteiger partial charge in [-0.1, -0.05) is 5.16 Å². The molecule has 1 aliphatic heterocycles. The molecule has 0 bridgehead atoms. The number of likely N-dealkylation sites (tertiary alicyclic amines) is 1. The van der Waals surface area contributed by atoms with Gasteiger partial charge in [0.15, 0.2) is 5.76 Å². The number of hydrogen-bond acceptors (Lipinski definition) is 4. The molecule has 1 aromatic rings. The molecule has 0 aliphatic carbocycles. The average molecular weight is 252 g/mol. The highest BCUT2D eigenvalue weighted by Gasteiger charge is 2.33. The summed E-state index contributed by atoms with van der Waals surface area (Å²) in [7, 11) is 0. The molecule has 5 heteroatoms. The Hall–Kier alpha value is -1.52. The summed E-state index contributed by atoms with van der Waals surface area (Å²) in [6.45, 7) is 6.33. The smallest absolute Gasteiger partial charge is 0.410 e. The maximum Gasteiger partial charge on any atom is 0.410 e. The average Bonchev–Trinajstić information content (AvgIpc) is 2.80. The van der Waals surface area contributed by atoms with Gasteiger partial charge in [0.2, 0.25) is 0 Å². The Balaban J connectivity index is 2.11. The highest BCUT2D eigenvalue weighted by atomic mass is 16.6. The van der Waals surface area contributed by atoms with Gasteiger partial charge in [0.1, 0.15) is 5.60 Å². The van der Waals surface area contributed by atoms with Crippen LogP contribution in [0.15, 0.2) is 16.8 Å². The van der Waals surface area contributed by atoms with E-state index in [0.717, 1.165) is 25.0 Å². The Labute approximate surface area is 107 Å². The molecule has 1 aromatic heterocycles. The van der Waals surface area contributed by atoms with Crippen LogP contribution < -0.4 is 0 Å². The third kappa shape index (κ3) is 3.03. The van der Waals surface area contributed by atoms with E-state index in [1.54, 1.807) is 11.1 Å². The summed E-state index contributed by atoms with van der Waals surface area (Å²) in [5.74, 6) is 0.737. The fourth-order valence-corrected chi connectivity index (χ4v) is 2.16. The molecular weight excluding hydrogens is 232 g/mol. The number of piperidine rings is 1. The van der Waals surface area contributed by atoms with E-state index in [2.05, 4.69) is 5.16 Å². The number of hydrogen-bond donors (Lipinski definition) is 0. The van der Waals surface area contributed by atoms with Gasteiger partial charge in [-0.05, 0) is 40.0 Å². The maximum atomic E-state index is 12.2. The third-order valence-corrected chi connectivity index (χ3v) is 2.92. The second kappa shape index (κ2) is 5.00. The lowest BCUT2D eigenvalue weighted by molar-refractivity contribution is 0.00613. The summed E-state index contributed by atoms with van der Waals surface area (Å²) in [4.78, 5) is 13.9. The molecule has 1 unspecified atom stereocenters. The van der Waals surface area contributed by atoms with Gasteiger partial charge in [0.25, 0.3) is 0 Å². The van der Waals surface area contributed by atoms with E-state index in [1.165, 1.54) is 0 Å². The quantitative estimate of drug-likeness (QED) is 0.770. The minimum absolute atomic E-state index is 0.0453. The maximum absolute atomic E-state index is 12.2. The molecule has 2 heterocycles. The molecule has 18 heavy (non-hydrogen) atoms. The molecule has 1 atom stereocenters. The van der Waals surface area contributed by atoms with Crippen LogP contribution in [0.4, 0.5) is 4.79 Å². The molecule has 1 fully saturated rings. The molecule has 0 aromatic carbocycles. The van der Waals surface area contributed by atoms with Crippen LogP contribution in [0.5, 0.6) is 0 Å². The second-order valence-electron chi connectivity index (χ2n) is 5.60. The van der Waals surface area contributed by atoms with Crippen LogP contribution in [-0.2, 0) is 4.74 Å². The molecule has 0 radical (unpaired) electrons.